The number of rotatable bonds is 3. The molecular formula is C15H15NO2S. The van der Waals surface area contributed by atoms with Crippen LogP contribution in [0.1, 0.15) is 16.7 Å². The van der Waals surface area contributed by atoms with Crippen LogP contribution in [0.25, 0.3) is 0 Å². The van der Waals surface area contributed by atoms with E-state index in [1.807, 2.05) is 31.2 Å². The molecule has 2 aromatic rings. The van der Waals surface area contributed by atoms with Crippen molar-refractivity contribution < 1.29 is 8.42 Å². The fraction of sp³-hybridized carbons (Fsp3) is 0.133. The van der Waals surface area contributed by atoms with Crippen molar-refractivity contribution in [1.82, 2.24) is 0 Å². The van der Waals surface area contributed by atoms with Crippen LogP contribution in [0.15, 0.2) is 57.8 Å². The molecule has 0 amide bonds. The molecule has 2 aromatic carbocycles. The summed E-state index contributed by atoms with van der Waals surface area (Å²) >= 11 is 0. The normalized spacial score (nSPS) is 11.9. The Bertz CT molecular complexity index is 718. The quantitative estimate of drug-likeness (QED) is 0.807. The van der Waals surface area contributed by atoms with Gasteiger partial charge in [0.2, 0.25) is 0 Å². The maximum Gasteiger partial charge on any atom is 0.282 e. The molecule has 0 saturated heterocycles. The third kappa shape index (κ3) is 3.29. The van der Waals surface area contributed by atoms with E-state index < -0.39 is 10.0 Å². The number of aryl methyl sites for hydroxylation is 2. The number of benzene rings is 2. The minimum atomic E-state index is -3.63. The van der Waals surface area contributed by atoms with E-state index in [9.17, 15) is 8.42 Å². The standard InChI is InChI=1S/C15H15NO2S/c1-12-6-5-8-14(10-12)11-16-19(17,18)15-9-4-3-7-13(15)2/h3-11H,1-2H3. The molecule has 0 aromatic heterocycles. The van der Waals surface area contributed by atoms with Gasteiger partial charge in [-0.3, -0.25) is 0 Å². The summed E-state index contributed by atoms with van der Waals surface area (Å²) < 4.78 is 28.0. The minimum Gasteiger partial charge on any atom is -0.199 e. The second-order valence-corrected chi connectivity index (χ2v) is 5.99. The second kappa shape index (κ2) is 5.36. The van der Waals surface area contributed by atoms with E-state index in [4.69, 9.17) is 0 Å². The molecule has 0 aliphatic carbocycles. The highest BCUT2D eigenvalue weighted by Gasteiger charge is 2.13. The summed E-state index contributed by atoms with van der Waals surface area (Å²) in [6.45, 7) is 3.71. The third-order valence-corrected chi connectivity index (χ3v) is 4.15. The van der Waals surface area contributed by atoms with E-state index in [0.29, 0.717) is 5.56 Å². The summed E-state index contributed by atoms with van der Waals surface area (Å²) in [7, 11) is -3.63. The molecule has 0 N–H and O–H groups in total. The van der Waals surface area contributed by atoms with Gasteiger partial charge in [-0.05, 0) is 31.0 Å². The average molecular weight is 273 g/mol. The van der Waals surface area contributed by atoms with Gasteiger partial charge < -0.3 is 0 Å². The molecule has 98 valence electrons. The van der Waals surface area contributed by atoms with E-state index in [1.54, 1.807) is 31.2 Å². The van der Waals surface area contributed by atoms with Crippen molar-refractivity contribution in [3.63, 3.8) is 0 Å². The first-order valence-electron chi connectivity index (χ1n) is 5.92. The Balaban J connectivity index is 2.35. The highest BCUT2D eigenvalue weighted by molar-refractivity contribution is 7.90. The second-order valence-electron chi connectivity index (χ2n) is 4.39. The van der Waals surface area contributed by atoms with E-state index in [1.165, 1.54) is 6.21 Å². The molecule has 4 heteroatoms. The van der Waals surface area contributed by atoms with Crippen molar-refractivity contribution in [2.75, 3.05) is 0 Å². The molecule has 0 aliphatic heterocycles. The zero-order valence-corrected chi connectivity index (χ0v) is 11.7. The Hall–Kier alpha value is -1.94. The molecule has 0 fully saturated rings. The maximum absolute atomic E-state index is 12.1. The Kier molecular flexibility index (Phi) is 3.81. The fourth-order valence-electron chi connectivity index (χ4n) is 1.78. The monoisotopic (exact) mass is 273 g/mol. The van der Waals surface area contributed by atoms with Crippen LogP contribution in [0.4, 0.5) is 0 Å². The predicted octanol–water partition coefficient (Wildman–Crippen LogP) is 3.11. The molecule has 0 spiro atoms. The minimum absolute atomic E-state index is 0.249. The Morgan fingerprint density at radius 2 is 1.74 bits per heavy atom. The zero-order chi connectivity index (χ0) is 13.9. The molecule has 0 unspecified atom stereocenters. The van der Waals surface area contributed by atoms with Gasteiger partial charge in [-0.2, -0.15) is 12.8 Å². The number of sulfonamides is 1. The molecule has 19 heavy (non-hydrogen) atoms. The largest absolute Gasteiger partial charge is 0.282 e. The molecule has 3 nitrogen and oxygen atoms in total. The van der Waals surface area contributed by atoms with Gasteiger partial charge in [-0.25, -0.2) is 0 Å². The van der Waals surface area contributed by atoms with Crippen molar-refractivity contribution in [3.05, 3.63) is 65.2 Å². The van der Waals surface area contributed by atoms with Gasteiger partial charge in [0, 0.05) is 6.21 Å². The first kappa shape index (κ1) is 13.5. The average Bonchev–Trinajstić information content (AvgIpc) is 2.37. The molecule has 0 aliphatic rings. The highest BCUT2D eigenvalue weighted by Crippen LogP contribution is 2.16. The fourth-order valence-corrected chi connectivity index (χ4v) is 2.88. The lowest BCUT2D eigenvalue weighted by Gasteiger charge is -2.02. The summed E-state index contributed by atoms with van der Waals surface area (Å²) in [4.78, 5) is 0.249. The van der Waals surface area contributed by atoms with Crippen LogP contribution in [-0.2, 0) is 10.0 Å². The van der Waals surface area contributed by atoms with Crippen LogP contribution < -0.4 is 0 Å². The molecule has 0 heterocycles. The zero-order valence-electron chi connectivity index (χ0n) is 10.9. The highest BCUT2D eigenvalue weighted by atomic mass is 32.2. The number of hydrogen-bond donors (Lipinski definition) is 0. The molecule has 0 saturated carbocycles. The Morgan fingerprint density at radius 1 is 1.00 bits per heavy atom. The molecule has 0 bridgehead atoms. The van der Waals surface area contributed by atoms with E-state index in [-0.39, 0.29) is 4.90 Å². The van der Waals surface area contributed by atoms with Crippen molar-refractivity contribution in [3.8, 4) is 0 Å². The van der Waals surface area contributed by atoms with Crippen LogP contribution >= 0.6 is 0 Å². The smallest absolute Gasteiger partial charge is 0.199 e. The van der Waals surface area contributed by atoms with Crippen LogP contribution in [0, 0.1) is 13.8 Å². The molecule has 2 rings (SSSR count). The first-order chi connectivity index (χ1) is 8.99. The van der Waals surface area contributed by atoms with E-state index in [0.717, 1.165) is 11.1 Å². The van der Waals surface area contributed by atoms with Crippen molar-refractivity contribution >= 4 is 16.2 Å². The van der Waals surface area contributed by atoms with Crippen LogP contribution in [-0.4, -0.2) is 14.6 Å². The summed E-state index contributed by atoms with van der Waals surface area (Å²) in [6.07, 6.45) is 1.38. The summed E-state index contributed by atoms with van der Waals surface area (Å²) in [5.74, 6) is 0. The van der Waals surface area contributed by atoms with Gasteiger partial charge in [0.1, 0.15) is 0 Å². The van der Waals surface area contributed by atoms with Crippen molar-refractivity contribution in [1.29, 1.82) is 0 Å². The maximum atomic E-state index is 12.1. The van der Waals surface area contributed by atoms with Gasteiger partial charge >= 0.3 is 0 Å². The summed E-state index contributed by atoms with van der Waals surface area (Å²) in [6, 6.07) is 14.4. The lowest BCUT2D eigenvalue weighted by Crippen LogP contribution is -2.00. The van der Waals surface area contributed by atoms with Gasteiger partial charge in [0.15, 0.2) is 0 Å². The molecule has 0 atom stereocenters. The van der Waals surface area contributed by atoms with Gasteiger partial charge in [-0.1, -0.05) is 48.0 Å². The topological polar surface area (TPSA) is 46.5 Å². The molecular weight excluding hydrogens is 258 g/mol. The van der Waals surface area contributed by atoms with Gasteiger partial charge in [-0.15, -0.1) is 0 Å². The van der Waals surface area contributed by atoms with Crippen molar-refractivity contribution in [2.24, 2.45) is 4.40 Å². The van der Waals surface area contributed by atoms with Crippen LogP contribution in [0.5, 0.6) is 0 Å². The third-order valence-electron chi connectivity index (χ3n) is 2.75. The summed E-state index contributed by atoms with van der Waals surface area (Å²) in [5, 5.41) is 0. The van der Waals surface area contributed by atoms with Gasteiger partial charge in [0.25, 0.3) is 10.0 Å². The van der Waals surface area contributed by atoms with E-state index in [2.05, 4.69) is 4.40 Å². The summed E-state index contributed by atoms with van der Waals surface area (Å²) in [5.41, 5.74) is 2.54. The first-order valence-corrected chi connectivity index (χ1v) is 7.36. The predicted molar refractivity (Wildman–Crippen MR) is 77.1 cm³/mol. The lowest BCUT2D eigenvalue weighted by atomic mass is 10.2. The Morgan fingerprint density at radius 3 is 2.42 bits per heavy atom. The number of nitrogens with zero attached hydrogens (tertiary/aromatic N) is 1. The van der Waals surface area contributed by atoms with Crippen molar-refractivity contribution in [2.45, 2.75) is 18.7 Å². The van der Waals surface area contributed by atoms with Crippen LogP contribution in [0.2, 0.25) is 0 Å². The van der Waals surface area contributed by atoms with Gasteiger partial charge in [0.05, 0.1) is 4.90 Å². The number of hydrogen-bond acceptors (Lipinski definition) is 2. The van der Waals surface area contributed by atoms with Crippen LogP contribution in [0.3, 0.4) is 0 Å². The molecule has 0 radical (unpaired) electrons. The Labute approximate surface area is 113 Å². The van der Waals surface area contributed by atoms with E-state index >= 15 is 0 Å². The SMILES string of the molecule is Cc1cccc(C=NS(=O)(=O)c2ccccc2C)c1. The lowest BCUT2D eigenvalue weighted by molar-refractivity contribution is 0.597.